The second kappa shape index (κ2) is 10.9. The van der Waals surface area contributed by atoms with Crippen LogP contribution in [0.2, 0.25) is 5.22 Å². The van der Waals surface area contributed by atoms with Gasteiger partial charge in [-0.25, -0.2) is 5.01 Å². The molecule has 34 heavy (non-hydrogen) atoms. The number of nitrogens with one attached hydrogen (secondary N) is 3. The molecule has 178 valence electrons. The predicted molar refractivity (Wildman–Crippen MR) is 135 cm³/mol. The van der Waals surface area contributed by atoms with Gasteiger partial charge in [0.2, 0.25) is 16.6 Å². The van der Waals surface area contributed by atoms with Gasteiger partial charge in [0.05, 0.1) is 12.0 Å². The van der Waals surface area contributed by atoms with Crippen LogP contribution >= 0.6 is 11.6 Å². The van der Waals surface area contributed by atoms with Gasteiger partial charge in [-0.15, -0.1) is 0 Å². The zero-order valence-electron chi connectivity index (χ0n) is 18.9. The van der Waals surface area contributed by atoms with Crippen molar-refractivity contribution in [1.82, 2.24) is 10.3 Å². The third-order valence-electron chi connectivity index (χ3n) is 5.18. The summed E-state index contributed by atoms with van der Waals surface area (Å²) in [6.07, 6.45) is -0.223. The fourth-order valence-electron chi connectivity index (χ4n) is 3.21. The Hall–Kier alpha value is -3.82. The van der Waals surface area contributed by atoms with Gasteiger partial charge in [-0.1, -0.05) is 43.3 Å². The van der Waals surface area contributed by atoms with E-state index in [1.54, 1.807) is 60.6 Å². The van der Waals surface area contributed by atoms with Gasteiger partial charge in [0.1, 0.15) is 11.6 Å². The molecule has 2 aromatic carbocycles. The standard InChI is InChI=1S/C24H27ClN6O3/c1-3-31(2)30-20-21(33)18(22(34-23(20)25)16-5-4-6-17(26)11-16)12-19(32)29-13-14-7-9-15(10-8-14)24(27)28/h4-11,30H,3,12-13,26H2,1-2H3,(H3,27,28)(H,29,32). The van der Waals surface area contributed by atoms with Crippen LogP contribution in [0.5, 0.6) is 0 Å². The van der Waals surface area contributed by atoms with E-state index in [0.29, 0.717) is 23.4 Å². The third-order valence-corrected chi connectivity index (χ3v) is 5.45. The first-order valence-corrected chi connectivity index (χ1v) is 11.0. The molecule has 0 unspecified atom stereocenters. The Labute approximate surface area is 202 Å². The molecule has 0 spiro atoms. The molecule has 0 saturated heterocycles. The summed E-state index contributed by atoms with van der Waals surface area (Å²) in [6.45, 7) is 2.75. The Bertz CT molecular complexity index is 1260. The Morgan fingerprint density at radius 2 is 1.91 bits per heavy atom. The van der Waals surface area contributed by atoms with E-state index in [1.165, 1.54) is 0 Å². The molecule has 10 heteroatoms. The maximum absolute atomic E-state index is 13.4. The van der Waals surface area contributed by atoms with Crippen molar-refractivity contribution in [2.75, 3.05) is 24.8 Å². The molecule has 3 aromatic rings. The van der Waals surface area contributed by atoms with Gasteiger partial charge in [0, 0.05) is 37.0 Å². The average Bonchev–Trinajstić information content (AvgIpc) is 2.82. The van der Waals surface area contributed by atoms with Crippen molar-refractivity contribution in [3.8, 4) is 11.3 Å². The highest BCUT2D eigenvalue weighted by Gasteiger charge is 2.22. The molecule has 9 nitrogen and oxygen atoms in total. The lowest BCUT2D eigenvalue weighted by Crippen LogP contribution is -2.31. The SMILES string of the molecule is CCN(C)Nc1c(Cl)oc(-c2cccc(N)c2)c(CC(=O)NCc2ccc(C(=N)N)cc2)c1=O. The molecule has 0 fully saturated rings. The molecule has 0 saturated carbocycles. The van der Waals surface area contributed by atoms with Crippen LogP contribution in [-0.4, -0.2) is 30.3 Å². The van der Waals surface area contributed by atoms with Crippen molar-refractivity contribution < 1.29 is 9.21 Å². The molecule has 1 amide bonds. The third kappa shape index (κ3) is 5.94. The van der Waals surface area contributed by atoms with E-state index in [4.69, 9.17) is 32.9 Å². The number of carbonyl (C=O) groups excluding carboxylic acids is 1. The molecule has 0 bridgehead atoms. The largest absolute Gasteiger partial charge is 0.442 e. The Balaban J connectivity index is 1.90. The first kappa shape index (κ1) is 24.8. The van der Waals surface area contributed by atoms with E-state index in [1.807, 2.05) is 6.92 Å². The average molecular weight is 483 g/mol. The molecule has 0 aliphatic rings. The molecular formula is C24H27ClN6O3. The molecule has 0 aliphatic heterocycles. The molecule has 3 rings (SSSR count). The van der Waals surface area contributed by atoms with E-state index in [-0.39, 0.29) is 46.9 Å². The lowest BCUT2D eigenvalue weighted by molar-refractivity contribution is -0.120. The fraction of sp³-hybridized carbons (Fsp3) is 0.208. The van der Waals surface area contributed by atoms with Crippen LogP contribution in [0.4, 0.5) is 11.4 Å². The highest BCUT2D eigenvalue weighted by molar-refractivity contribution is 6.31. The number of nitrogens with two attached hydrogens (primary N) is 2. The number of anilines is 2. The number of rotatable bonds is 9. The van der Waals surface area contributed by atoms with Gasteiger partial charge in [-0.3, -0.25) is 15.0 Å². The van der Waals surface area contributed by atoms with Crippen molar-refractivity contribution in [3.63, 3.8) is 0 Å². The van der Waals surface area contributed by atoms with Gasteiger partial charge in [0.25, 0.3) is 0 Å². The van der Waals surface area contributed by atoms with E-state index in [2.05, 4.69) is 10.7 Å². The molecule has 0 radical (unpaired) electrons. The van der Waals surface area contributed by atoms with Crippen LogP contribution in [0.1, 0.15) is 23.6 Å². The summed E-state index contributed by atoms with van der Waals surface area (Å²) in [7, 11) is 1.76. The number of hydrazine groups is 1. The van der Waals surface area contributed by atoms with E-state index < -0.39 is 5.43 Å². The van der Waals surface area contributed by atoms with Crippen LogP contribution in [0.3, 0.4) is 0 Å². The molecular weight excluding hydrogens is 456 g/mol. The second-order valence-corrected chi connectivity index (χ2v) is 8.05. The molecule has 0 atom stereocenters. The first-order chi connectivity index (χ1) is 16.2. The van der Waals surface area contributed by atoms with Crippen LogP contribution in [0.15, 0.2) is 57.7 Å². The van der Waals surface area contributed by atoms with Crippen LogP contribution in [0, 0.1) is 5.41 Å². The Morgan fingerprint density at radius 1 is 1.21 bits per heavy atom. The minimum absolute atomic E-state index is 0.0303. The molecule has 7 N–H and O–H groups in total. The number of hydrogen-bond acceptors (Lipinski definition) is 7. The van der Waals surface area contributed by atoms with E-state index >= 15 is 0 Å². The number of carbonyl (C=O) groups is 1. The summed E-state index contributed by atoms with van der Waals surface area (Å²) >= 11 is 6.30. The quantitative estimate of drug-likeness (QED) is 0.136. The summed E-state index contributed by atoms with van der Waals surface area (Å²) in [5, 5.41) is 11.8. The van der Waals surface area contributed by atoms with Crippen LogP contribution in [0.25, 0.3) is 11.3 Å². The smallest absolute Gasteiger partial charge is 0.224 e. The van der Waals surface area contributed by atoms with Gasteiger partial charge in [-0.05, 0) is 29.3 Å². The lowest BCUT2D eigenvalue weighted by atomic mass is 10.0. The maximum Gasteiger partial charge on any atom is 0.224 e. The fourth-order valence-corrected chi connectivity index (χ4v) is 3.41. The van der Waals surface area contributed by atoms with Crippen LogP contribution < -0.4 is 27.6 Å². The number of nitrogens with zero attached hydrogens (tertiary/aromatic N) is 1. The van der Waals surface area contributed by atoms with Gasteiger partial charge in [0.15, 0.2) is 5.69 Å². The minimum atomic E-state index is -0.435. The zero-order chi connectivity index (χ0) is 24.8. The summed E-state index contributed by atoms with van der Waals surface area (Å²) in [4.78, 5) is 26.2. The second-order valence-electron chi connectivity index (χ2n) is 7.70. The number of halogens is 1. The first-order valence-electron chi connectivity index (χ1n) is 10.6. The van der Waals surface area contributed by atoms with E-state index in [9.17, 15) is 9.59 Å². The highest BCUT2D eigenvalue weighted by Crippen LogP contribution is 2.30. The summed E-state index contributed by atoms with van der Waals surface area (Å²) in [5.41, 5.74) is 16.5. The molecule has 1 heterocycles. The van der Waals surface area contributed by atoms with Gasteiger partial charge < -0.3 is 26.6 Å². The highest BCUT2D eigenvalue weighted by atomic mass is 35.5. The van der Waals surface area contributed by atoms with E-state index in [0.717, 1.165) is 5.56 Å². The zero-order valence-corrected chi connectivity index (χ0v) is 19.7. The summed E-state index contributed by atoms with van der Waals surface area (Å²) in [6, 6.07) is 13.8. The number of hydrogen-bond donors (Lipinski definition) is 5. The van der Waals surface area contributed by atoms with Crippen molar-refractivity contribution in [2.24, 2.45) is 5.73 Å². The van der Waals surface area contributed by atoms with Crippen molar-refractivity contribution in [3.05, 3.63) is 80.7 Å². The number of amidine groups is 1. The minimum Gasteiger partial charge on any atom is -0.442 e. The summed E-state index contributed by atoms with van der Waals surface area (Å²) in [5.74, 6) is -0.213. The van der Waals surface area contributed by atoms with Crippen molar-refractivity contribution in [2.45, 2.75) is 19.9 Å². The normalized spacial score (nSPS) is 10.8. The number of nitrogen functional groups attached to an aromatic ring is 2. The summed E-state index contributed by atoms with van der Waals surface area (Å²) < 4.78 is 5.81. The number of amides is 1. The Kier molecular flexibility index (Phi) is 7.93. The Morgan fingerprint density at radius 3 is 2.53 bits per heavy atom. The van der Waals surface area contributed by atoms with Gasteiger partial charge in [-0.2, -0.15) is 0 Å². The number of benzene rings is 2. The predicted octanol–water partition coefficient (Wildman–Crippen LogP) is 2.96. The van der Waals surface area contributed by atoms with Gasteiger partial charge >= 0.3 is 0 Å². The lowest BCUT2D eigenvalue weighted by Gasteiger charge is -2.19. The molecule has 1 aromatic heterocycles. The monoisotopic (exact) mass is 482 g/mol. The van der Waals surface area contributed by atoms with Crippen LogP contribution in [-0.2, 0) is 17.8 Å². The topological polar surface area (TPSA) is 150 Å². The van der Waals surface area contributed by atoms with Crippen molar-refractivity contribution >= 4 is 34.7 Å². The maximum atomic E-state index is 13.4. The molecule has 0 aliphatic carbocycles. The van der Waals surface area contributed by atoms with Crippen molar-refractivity contribution in [1.29, 1.82) is 5.41 Å².